The van der Waals surface area contributed by atoms with Crippen LogP contribution in [0.5, 0.6) is 0 Å². The van der Waals surface area contributed by atoms with Crippen LogP contribution in [-0.4, -0.2) is 37.6 Å². The van der Waals surface area contributed by atoms with E-state index in [1.54, 1.807) is 6.20 Å². The average Bonchev–Trinajstić information content (AvgIpc) is 3.07. The molecule has 2 unspecified atom stereocenters. The number of nitrogens with two attached hydrogens (primary N) is 1. The van der Waals surface area contributed by atoms with Crippen LogP contribution in [0.25, 0.3) is 0 Å². The fourth-order valence-electron chi connectivity index (χ4n) is 2.98. The number of rotatable bonds is 4. The van der Waals surface area contributed by atoms with Crippen LogP contribution in [0, 0.1) is 5.92 Å². The van der Waals surface area contributed by atoms with Crippen LogP contribution in [0.4, 0.5) is 5.13 Å². The molecule has 0 aromatic carbocycles. The van der Waals surface area contributed by atoms with Gasteiger partial charge in [0.2, 0.25) is 0 Å². The van der Waals surface area contributed by atoms with E-state index in [1.807, 2.05) is 24.0 Å². The summed E-state index contributed by atoms with van der Waals surface area (Å²) in [7, 11) is 1.92. The van der Waals surface area contributed by atoms with Crippen LogP contribution in [0.3, 0.4) is 0 Å². The maximum Gasteiger partial charge on any atom is 0.180 e. The second kappa shape index (κ2) is 6.13. The number of aliphatic hydroxyl groups excluding tert-OH is 1. The Morgan fingerprint density at radius 3 is 3.05 bits per heavy atom. The first-order chi connectivity index (χ1) is 10.1. The van der Waals surface area contributed by atoms with E-state index >= 15 is 0 Å². The Kier molecular flexibility index (Phi) is 4.23. The molecule has 0 aliphatic carbocycles. The molecule has 21 heavy (non-hydrogen) atoms. The molecule has 114 valence electrons. The molecule has 2 aromatic rings. The van der Waals surface area contributed by atoms with Gasteiger partial charge in [-0.1, -0.05) is 0 Å². The van der Waals surface area contributed by atoms with Crippen LogP contribution in [0.1, 0.15) is 29.6 Å². The van der Waals surface area contributed by atoms with E-state index < -0.39 is 6.10 Å². The van der Waals surface area contributed by atoms with E-state index in [4.69, 9.17) is 5.73 Å². The minimum Gasteiger partial charge on any atom is -0.385 e. The highest BCUT2D eigenvalue weighted by Gasteiger charge is 2.29. The molecular formula is C14H21N5OS. The molecule has 1 aliphatic heterocycles. The highest BCUT2D eigenvalue weighted by Crippen LogP contribution is 2.30. The first-order valence-electron chi connectivity index (χ1n) is 7.21. The largest absolute Gasteiger partial charge is 0.385 e. The van der Waals surface area contributed by atoms with Gasteiger partial charge >= 0.3 is 0 Å². The lowest BCUT2D eigenvalue weighted by atomic mass is 9.92. The lowest BCUT2D eigenvalue weighted by Gasteiger charge is -2.34. The van der Waals surface area contributed by atoms with Gasteiger partial charge in [-0.05, 0) is 19.4 Å². The topological polar surface area (TPSA) is 80.2 Å². The average molecular weight is 307 g/mol. The molecule has 6 nitrogen and oxygen atoms in total. The zero-order valence-electron chi connectivity index (χ0n) is 12.1. The van der Waals surface area contributed by atoms with Crippen molar-refractivity contribution in [3.8, 4) is 0 Å². The quantitative estimate of drug-likeness (QED) is 0.892. The maximum absolute atomic E-state index is 10.6. The molecule has 0 spiro atoms. The Morgan fingerprint density at radius 1 is 1.52 bits per heavy atom. The van der Waals surface area contributed by atoms with Gasteiger partial charge in [0.05, 0.1) is 0 Å². The van der Waals surface area contributed by atoms with Gasteiger partial charge < -0.3 is 15.4 Å². The van der Waals surface area contributed by atoms with Crippen LogP contribution in [0.15, 0.2) is 18.6 Å². The molecule has 1 fully saturated rings. The number of nitrogens with zero attached hydrogens (tertiary/aromatic N) is 4. The summed E-state index contributed by atoms with van der Waals surface area (Å²) in [4.78, 5) is 11.9. The number of aromatic nitrogens is 3. The highest BCUT2D eigenvalue weighted by molar-refractivity contribution is 7.15. The molecule has 1 aliphatic rings. The molecule has 0 amide bonds. The summed E-state index contributed by atoms with van der Waals surface area (Å²) in [6.07, 6.45) is 7.09. The number of aryl methyl sites for hydroxylation is 1. The van der Waals surface area contributed by atoms with Crippen LogP contribution in [0.2, 0.25) is 0 Å². The Hall–Kier alpha value is -1.44. The van der Waals surface area contributed by atoms with Crippen molar-refractivity contribution in [2.45, 2.75) is 25.5 Å². The normalized spacial score (nSPS) is 21.5. The van der Waals surface area contributed by atoms with E-state index in [-0.39, 0.29) is 5.92 Å². The predicted octanol–water partition coefficient (Wildman–Crippen LogP) is 1.40. The van der Waals surface area contributed by atoms with Gasteiger partial charge in [-0.3, -0.25) is 4.90 Å². The summed E-state index contributed by atoms with van der Waals surface area (Å²) in [6.45, 7) is 2.80. The minimum absolute atomic E-state index is 0.227. The summed E-state index contributed by atoms with van der Waals surface area (Å²) < 4.78 is 1.90. The van der Waals surface area contributed by atoms with E-state index in [9.17, 15) is 5.11 Å². The van der Waals surface area contributed by atoms with Crippen LogP contribution in [-0.2, 0) is 13.6 Å². The number of thiazole rings is 1. The highest BCUT2D eigenvalue weighted by atomic mass is 32.1. The van der Waals surface area contributed by atoms with Gasteiger partial charge in [-0.25, -0.2) is 9.97 Å². The third kappa shape index (κ3) is 3.25. The zero-order chi connectivity index (χ0) is 14.8. The van der Waals surface area contributed by atoms with Gasteiger partial charge in [0.15, 0.2) is 5.13 Å². The van der Waals surface area contributed by atoms with Crippen molar-refractivity contribution < 1.29 is 5.11 Å². The first kappa shape index (κ1) is 14.5. The Balaban J connectivity index is 1.64. The van der Waals surface area contributed by atoms with Crippen molar-refractivity contribution >= 4 is 16.5 Å². The van der Waals surface area contributed by atoms with Crippen LogP contribution < -0.4 is 5.73 Å². The van der Waals surface area contributed by atoms with Crippen molar-refractivity contribution in [3.63, 3.8) is 0 Å². The molecule has 3 rings (SSSR count). The molecule has 3 heterocycles. The maximum atomic E-state index is 10.6. The summed E-state index contributed by atoms with van der Waals surface area (Å²) in [5.41, 5.74) is 5.68. The fourth-order valence-corrected chi connectivity index (χ4v) is 3.71. The predicted molar refractivity (Wildman–Crippen MR) is 82.7 cm³/mol. The summed E-state index contributed by atoms with van der Waals surface area (Å²) in [5, 5.41) is 11.2. The van der Waals surface area contributed by atoms with Crippen molar-refractivity contribution in [1.82, 2.24) is 19.4 Å². The number of piperidine rings is 1. The molecule has 0 bridgehead atoms. The number of hydrogen-bond acceptors (Lipinski definition) is 6. The van der Waals surface area contributed by atoms with Crippen molar-refractivity contribution in [1.29, 1.82) is 0 Å². The molecule has 2 atom stereocenters. The minimum atomic E-state index is -0.501. The number of nitrogen functional groups attached to an aromatic ring is 1. The lowest BCUT2D eigenvalue weighted by Crippen LogP contribution is -2.37. The smallest absolute Gasteiger partial charge is 0.180 e. The lowest BCUT2D eigenvalue weighted by molar-refractivity contribution is 0.0408. The van der Waals surface area contributed by atoms with E-state index in [0.29, 0.717) is 5.13 Å². The first-order valence-corrected chi connectivity index (χ1v) is 8.03. The molecule has 7 heteroatoms. The third-order valence-electron chi connectivity index (χ3n) is 4.06. The number of anilines is 1. The van der Waals surface area contributed by atoms with Gasteiger partial charge in [-0.15, -0.1) is 11.3 Å². The Bertz CT molecular complexity index is 596. The Morgan fingerprint density at radius 2 is 2.38 bits per heavy atom. The molecule has 3 N–H and O–H groups in total. The number of aliphatic hydroxyl groups is 1. The van der Waals surface area contributed by atoms with Crippen molar-refractivity contribution in [2.75, 3.05) is 18.8 Å². The van der Waals surface area contributed by atoms with E-state index in [0.717, 1.165) is 38.3 Å². The molecule has 1 saturated heterocycles. The van der Waals surface area contributed by atoms with Gasteiger partial charge in [0, 0.05) is 49.5 Å². The second-order valence-electron chi connectivity index (χ2n) is 5.64. The summed E-state index contributed by atoms with van der Waals surface area (Å²) in [6, 6.07) is 0. The van der Waals surface area contributed by atoms with Gasteiger partial charge in [0.25, 0.3) is 0 Å². The second-order valence-corrected chi connectivity index (χ2v) is 6.79. The molecular weight excluding hydrogens is 286 g/mol. The monoisotopic (exact) mass is 307 g/mol. The molecule has 0 radical (unpaired) electrons. The molecule has 0 saturated carbocycles. The van der Waals surface area contributed by atoms with Crippen LogP contribution >= 0.6 is 11.3 Å². The van der Waals surface area contributed by atoms with Crippen molar-refractivity contribution in [2.24, 2.45) is 13.0 Å². The zero-order valence-corrected chi connectivity index (χ0v) is 13.0. The van der Waals surface area contributed by atoms with E-state index in [1.165, 1.54) is 16.2 Å². The summed E-state index contributed by atoms with van der Waals surface area (Å²) >= 11 is 1.54. The third-order valence-corrected chi connectivity index (χ3v) is 4.87. The summed E-state index contributed by atoms with van der Waals surface area (Å²) in [5.74, 6) is 0.981. The Labute approximate surface area is 128 Å². The SMILES string of the molecule is Cn1ccnc1C(O)C1CCCN(Cc2cnc(N)s2)C1. The fraction of sp³-hybridized carbons (Fsp3) is 0.571. The molecule has 2 aromatic heterocycles. The van der Waals surface area contributed by atoms with Crippen molar-refractivity contribution in [3.05, 3.63) is 29.3 Å². The van der Waals surface area contributed by atoms with Gasteiger partial charge in [0.1, 0.15) is 11.9 Å². The standard InChI is InChI=1S/C14H21N5OS/c1-18-6-4-16-13(18)12(20)10-3-2-5-19(8-10)9-11-7-17-14(15)21-11/h4,6-7,10,12,20H,2-3,5,8-9H2,1H3,(H2,15,17). The number of likely N-dealkylation sites (tertiary alicyclic amines) is 1. The number of hydrogen-bond donors (Lipinski definition) is 2. The number of imidazole rings is 1. The van der Waals surface area contributed by atoms with E-state index in [2.05, 4.69) is 14.9 Å². The van der Waals surface area contributed by atoms with Gasteiger partial charge in [-0.2, -0.15) is 0 Å².